The minimum Gasteiger partial charge on any atom is -0.459 e. The van der Waals surface area contributed by atoms with Crippen LogP contribution in [0.15, 0.2) is 22.8 Å². The number of furan rings is 1. The van der Waals surface area contributed by atoms with Crippen LogP contribution in [0, 0.1) is 0 Å². The lowest BCUT2D eigenvalue weighted by atomic mass is 9.84. The van der Waals surface area contributed by atoms with Gasteiger partial charge in [0.2, 0.25) is 0 Å². The van der Waals surface area contributed by atoms with Crippen molar-refractivity contribution < 1.29 is 9.21 Å². The Morgan fingerprint density at radius 1 is 1.67 bits per heavy atom. The lowest BCUT2D eigenvalue weighted by molar-refractivity contribution is 0.0916. The standard InChI is InChI=1S/C11H15NO2S/c1-15-11(5-3-6-11)8-12-10(13)9-4-2-7-14-9/h2,4,7H,3,5-6,8H2,1H3,(H,12,13). The van der Waals surface area contributed by atoms with Crippen molar-refractivity contribution in [3.8, 4) is 0 Å². The summed E-state index contributed by atoms with van der Waals surface area (Å²) in [6.45, 7) is 0.744. The van der Waals surface area contributed by atoms with Gasteiger partial charge in [0.1, 0.15) is 0 Å². The van der Waals surface area contributed by atoms with Crippen LogP contribution in [-0.2, 0) is 0 Å². The molecule has 0 radical (unpaired) electrons. The van der Waals surface area contributed by atoms with Crippen LogP contribution < -0.4 is 5.32 Å². The Labute approximate surface area is 93.6 Å². The number of carbonyl (C=O) groups is 1. The SMILES string of the molecule is CSC1(CNC(=O)c2ccco2)CCC1. The van der Waals surface area contributed by atoms with Gasteiger partial charge >= 0.3 is 0 Å². The van der Waals surface area contributed by atoms with E-state index >= 15 is 0 Å². The average molecular weight is 225 g/mol. The lowest BCUT2D eigenvalue weighted by Gasteiger charge is -2.40. The van der Waals surface area contributed by atoms with E-state index in [0.29, 0.717) is 5.76 Å². The van der Waals surface area contributed by atoms with Crippen molar-refractivity contribution in [2.45, 2.75) is 24.0 Å². The van der Waals surface area contributed by atoms with Crippen molar-refractivity contribution in [3.63, 3.8) is 0 Å². The molecule has 15 heavy (non-hydrogen) atoms. The third-order valence-electron chi connectivity index (χ3n) is 3.01. The van der Waals surface area contributed by atoms with E-state index in [1.54, 1.807) is 12.1 Å². The number of hydrogen-bond acceptors (Lipinski definition) is 3. The summed E-state index contributed by atoms with van der Waals surface area (Å²) < 4.78 is 5.31. The van der Waals surface area contributed by atoms with Crippen LogP contribution >= 0.6 is 11.8 Å². The van der Waals surface area contributed by atoms with Crippen molar-refractivity contribution in [1.82, 2.24) is 5.32 Å². The summed E-state index contributed by atoms with van der Waals surface area (Å²) >= 11 is 1.85. The Balaban J connectivity index is 1.85. The molecule has 1 saturated carbocycles. The van der Waals surface area contributed by atoms with Gasteiger partial charge in [-0.05, 0) is 31.2 Å². The fourth-order valence-electron chi connectivity index (χ4n) is 1.76. The van der Waals surface area contributed by atoms with Crippen molar-refractivity contribution in [2.24, 2.45) is 0 Å². The summed E-state index contributed by atoms with van der Waals surface area (Å²) in [4.78, 5) is 11.6. The molecule has 4 heteroatoms. The van der Waals surface area contributed by atoms with Crippen LogP contribution in [0.4, 0.5) is 0 Å². The fourth-order valence-corrected chi connectivity index (χ4v) is 2.67. The molecule has 1 N–H and O–H groups in total. The number of carbonyl (C=O) groups excluding carboxylic acids is 1. The Bertz CT molecular complexity index is 325. The molecule has 82 valence electrons. The Kier molecular flexibility index (Phi) is 3.05. The normalized spacial score (nSPS) is 18.2. The van der Waals surface area contributed by atoms with Gasteiger partial charge in [-0.15, -0.1) is 0 Å². The highest BCUT2D eigenvalue weighted by Gasteiger charge is 2.36. The first kappa shape index (κ1) is 10.6. The zero-order chi connectivity index (χ0) is 10.7. The first-order valence-electron chi connectivity index (χ1n) is 5.13. The predicted molar refractivity (Wildman–Crippen MR) is 61.1 cm³/mol. The van der Waals surface area contributed by atoms with Crippen molar-refractivity contribution in [1.29, 1.82) is 0 Å². The fraction of sp³-hybridized carbons (Fsp3) is 0.545. The predicted octanol–water partition coefficient (Wildman–Crippen LogP) is 2.30. The number of nitrogens with one attached hydrogen (secondary N) is 1. The van der Waals surface area contributed by atoms with Gasteiger partial charge in [-0.3, -0.25) is 4.79 Å². The van der Waals surface area contributed by atoms with E-state index in [2.05, 4.69) is 11.6 Å². The van der Waals surface area contributed by atoms with Crippen LogP contribution in [0.1, 0.15) is 29.8 Å². The molecule has 1 aromatic rings. The van der Waals surface area contributed by atoms with Crippen LogP contribution in [-0.4, -0.2) is 23.5 Å². The van der Waals surface area contributed by atoms with Crippen molar-refractivity contribution in [2.75, 3.05) is 12.8 Å². The van der Waals surface area contributed by atoms with Crippen LogP contribution in [0.2, 0.25) is 0 Å². The van der Waals surface area contributed by atoms with E-state index in [0.717, 1.165) is 6.54 Å². The monoisotopic (exact) mass is 225 g/mol. The van der Waals surface area contributed by atoms with E-state index in [9.17, 15) is 4.79 Å². The quantitative estimate of drug-likeness (QED) is 0.855. The van der Waals surface area contributed by atoms with Crippen molar-refractivity contribution >= 4 is 17.7 Å². The molecule has 0 aliphatic heterocycles. The summed E-state index contributed by atoms with van der Waals surface area (Å²) in [6, 6.07) is 3.41. The molecule has 0 atom stereocenters. The van der Waals surface area contributed by atoms with Gasteiger partial charge in [0.15, 0.2) is 5.76 Å². The van der Waals surface area contributed by atoms with E-state index in [1.165, 1.54) is 25.5 Å². The largest absolute Gasteiger partial charge is 0.459 e. The highest BCUT2D eigenvalue weighted by Crippen LogP contribution is 2.42. The molecule has 3 nitrogen and oxygen atoms in total. The molecule has 0 aromatic carbocycles. The highest BCUT2D eigenvalue weighted by atomic mass is 32.2. The van der Waals surface area contributed by atoms with Gasteiger partial charge in [-0.2, -0.15) is 11.8 Å². The second-order valence-corrected chi connectivity index (χ2v) is 5.17. The van der Waals surface area contributed by atoms with E-state index in [-0.39, 0.29) is 10.7 Å². The average Bonchev–Trinajstić information content (AvgIpc) is 2.69. The van der Waals surface area contributed by atoms with Crippen LogP contribution in [0.25, 0.3) is 0 Å². The molecule has 0 spiro atoms. The van der Waals surface area contributed by atoms with Crippen LogP contribution in [0.5, 0.6) is 0 Å². The molecular weight excluding hydrogens is 210 g/mol. The van der Waals surface area contributed by atoms with E-state index < -0.39 is 0 Å². The Morgan fingerprint density at radius 2 is 2.47 bits per heavy atom. The molecule has 1 aliphatic carbocycles. The van der Waals surface area contributed by atoms with Gasteiger partial charge < -0.3 is 9.73 Å². The van der Waals surface area contributed by atoms with E-state index in [1.807, 2.05) is 11.8 Å². The molecular formula is C11H15NO2S. The van der Waals surface area contributed by atoms with Gasteiger partial charge in [0.25, 0.3) is 5.91 Å². The second kappa shape index (κ2) is 4.31. The van der Waals surface area contributed by atoms with Gasteiger partial charge in [-0.25, -0.2) is 0 Å². The number of rotatable bonds is 4. The molecule has 0 unspecified atom stereocenters. The number of hydrogen-bond donors (Lipinski definition) is 1. The minimum atomic E-state index is -0.111. The maximum absolute atomic E-state index is 11.6. The third kappa shape index (κ3) is 2.20. The third-order valence-corrected chi connectivity index (χ3v) is 4.43. The second-order valence-electron chi connectivity index (χ2n) is 3.90. The summed E-state index contributed by atoms with van der Waals surface area (Å²) in [5, 5.41) is 2.93. The molecule has 0 saturated heterocycles. The zero-order valence-electron chi connectivity index (χ0n) is 8.79. The first-order valence-corrected chi connectivity index (χ1v) is 6.35. The lowest BCUT2D eigenvalue weighted by Crippen LogP contribution is -2.45. The number of thioether (sulfide) groups is 1. The molecule has 1 fully saturated rings. The molecule has 1 aromatic heterocycles. The smallest absolute Gasteiger partial charge is 0.287 e. The summed E-state index contributed by atoms with van der Waals surface area (Å²) in [5.74, 6) is 0.283. The molecule has 2 rings (SSSR count). The summed E-state index contributed by atoms with van der Waals surface area (Å²) in [6.07, 6.45) is 7.30. The van der Waals surface area contributed by atoms with E-state index in [4.69, 9.17) is 4.42 Å². The van der Waals surface area contributed by atoms with Gasteiger partial charge in [0, 0.05) is 11.3 Å². The molecule has 0 bridgehead atoms. The first-order chi connectivity index (χ1) is 7.26. The topological polar surface area (TPSA) is 42.2 Å². The Hall–Kier alpha value is -0.900. The zero-order valence-corrected chi connectivity index (χ0v) is 9.60. The van der Waals surface area contributed by atoms with Crippen molar-refractivity contribution in [3.05, 3.63) is 24.2 Å². The Morgan fingerprint density at radius 3 is 2.93 bits per heavy atom. The van der Waals surface area contributed by atoms with Gasteiger partial charge in [0.05, 0.1) is 6.26 Å². The molecule has 1 aliphatic rings. The molecule has 1 heterocycles. The van der Waals surface area contributed by atoms with Crippen LogP contribution in [0.3, 0.4) is 0 Å². The maximum atomic E-state index is 11.6. The minimum absolute atomic E-state index is 0.111. The number of amides is 1. The summed E-state index contributed by atoms with van der Waals surface area (Å²) in [5.41, 5.74) is 0. The maximum Gasteiger partial charge on any atom is 0.287 e. The summed E-state index contributed by atoms with van der Waals surface area (Å²) in [7, 11) is 0. The highest BCUT2D eigenvalue weighted by molar-refractivity contribution is 8.00. The van der Waals surface area contributed by atoms with Gasteiger partial charge in [-0.1, -0.05) is 6.42 Å². The molecule has 1 amide bonds.